The molecule has 74 valence electrons. The van der Waals surface area contributed by atoms with Crippen LogP contribution in [0.25, 0.3) is 10.6 Å². The van der Waals surface area contributed by atoms with Gasteiger partial charge in [-0.1, -0.05) is 0 Å². The summed E-state index contributed by atoms with van der Waals surface area (Å²) < 4.78 is 0. The van der Waals surface area contributed by atoms with E-state index in [2.05, 4.69) is 34.1 Å². The van der Waals surface area contributed by atoms with Gasteiger partial charge in [-0.05, 0) is 25.4 Å². The van der Waals surface area contributed by atoms with Crippen molar-refractivity contribution in [3.63, 3.8) is 0 Å². The summed E-state index contributed by atoms with van der Waals surface area (Å²) in [7, 11) is 1.94. The number of rotatable bonds is 3. The van der Waals surface area contributed by atoms with Crippen LogP contribution in [0.1, 0.15) is 10.6 Å². The highest BCUT2D eigenvalue weighted by Gasteiger charge is 2.07. The van der Waals surface area contributed by atoms with E-state index >= 15 is 0 Å². The lowest BCUT2D eigenvalue weighted by atomic mass is 10.3. The molecule has 0 atom stereocenters. The van der Waals surface area contributed by atoms with Crippen LogP contribution in [-0.4, -0.2) is 12.0 Å². The Morgan fingerprint density at radius 1 is 1.43 bits per heavy atom. The SMILES string of the molecule is CNCc1csc(-c2ccsc2C)n1. The highest BCUT2D eigenvalue weighted by atomic mass is 32.1. The molecule has 0 saturated heterocycles. The summed E-state index contributed by atoms with van der Waals surface area (Å²) in [5.41, 5.74) is 2.40. The van der Waals surface area contributed by atoms with Gasteiger partial charge >= 0.3 is 0 Å². The van der Waals surface area contributed by atoms with E-state index in [1.165, 1.54) is 10.4 Å². The predicted octanol–water partition coefficient (Wildman–Crippen LogP) is 2.90. The molecule has 0 fully saturated rings. The maximum atomic E-state index is 4.57. The fourth-order valence-corrected chi connectivity index (χ4v) is 2.97. The van der Waals surface area contributed by atoms with Gasteiger partial charge in [-0.15, -0.1) is 22.7 Å². The Hall–Kier alpha value is -0.710. The molecule has 1 N–H and O–H groups in total. The maximum Gasteiger partial charge on any atom is 0.124 e. The van der Waals surface area contributed by atoms with E-state index in [0.29, 0.717) is 0 Å². The molecule has 0 aliphatic rings. The van der Waals surface area contributed by atoms with Gasteiger partial charge in [0, 0.05) is 22.4 Å². The van der Waals surface area contributed by atoms with Crippen LogP contribution < -0.4 is 5.32 Å². The second-order valence-electron chi connectivity index (χ2n) is 3.06. The van der Waals surface area contributed by atoms with Gasteiger partial charge in [-0.3, -0.25) is 0 Å². The summed E-state index contributed by atoms with van der Waals surface area (Å²) in [6.45, 7) is 2.98. The van der Waals surface area contributed by atoms with Crippen molar-refractivity contribution >= 4 is 22.7 Å². The lowest BCUT2D eigenvalue weighted by molar-refractivity contribution is 0.798. The minimum Gasteiger partial charge on any atom is -0.314 e. The number of nitrogens with one attached hydrogen (secondary N) is 1. The van der Waals surface area contributed by atoms with Crippen molar-refractivity contribution in [2.75, 3.05) is 7.05 Å². The molecule has 2 aromatic rings. The number of nitrogens with zero attached hydrogens (tertiary/aromatic N) is 1. The van der Waals surface area contributed by atoms with E-state index in [-0.39, 0.29) is 0 Å². The number of aromatic nitrogens is 1. The molecule has 14 heavy (non-hydrogen) atoms. The van der Waals surface area contributed by atoms with Crippen LogP contribution in [0, 0.1) is 6.92 Å². The third kappa shape index (κ3) is 1.87. The van der Waals surface area contributed by atoms with Gasteiger partial charge in [-0.2, -0.15) is 0 Å². The Morgan fingerprint density at radius 2 is 2.29 bits per heavy atom. The Bertz CT molecular complexity index is 417. The van der Waals surface area contributed by atoms with Gasteiger partial charge in [-0.25, -0.2) is 4.98 Å². The second-order valence-corrected chi connectivity index (χ2v) is 5.04. The molecule has 0 amide bonds. The average Bonchev–Trinajstić information content (AvgIpc) is 2.74. The van der Waals surface area contributed by atoms with Gasteiger partial charge < -0.3 is 5.32 Å². The lowest BCUT2D eigenvalue weighted by Crippen LogP contribution is -2.04. The molecular weight excluding hydrogens is 212 g/mol. The molecule has 0 aliphatic heterocycles. The number of hydrogen-bond donors (Lipinski definition) is 1. The Labute approximate surface area is 91.6 Å². The third-order valence-corrected chi connectivity index (χ3v) is 3.77. The van der Waals surface area contributed by atoms with Crippen LogP contribution in [0.15, 0.2) is 16.8 Å². The van der Waals surface area contributed by atoms with Crippen LogP contribution in [0.2, 0.25) is 0 Å². The fourth-order valence-electron chi connectivity index (χ4n) is 1.30. The van der Waals surface area contributed by atoms with Crippen LogP contribution >= 0.6 is 22.7 Å². The van der Waals surface area contributed by atoms with E-state index in [9.17, 15) is 0 Å². The molecule has 0 saturated carbocycles. The first kappa shape index (κ1) is 9.83. The third-order valence-electron chi connectivity index (χ3n) is 2.00. The largest absolute Gasteiger partial charge is 0.314 e. The van der Waals surface area contributed by atoms with Crippen molar-refractivity contribution in [1.82, 2.24) is 10.3 Å². The maximum absolute atomic E-state index is 4.57. The van der Waals surface area contributed by atoms with Gasteiger partial charge in [0.1, 0.15) is 5.01 Å². The zero-order valence-corrected chi connectivity index (χ0v) is 9.84. The van der Waals surface area contributed by atoms with Crippen LogP contribution in [0.3, 0.4) is 0 Å². The van der Waals surface area contributed by atoms with E-state index in [1.807, 2.05) is 7.05 Å². The average molecular weight is 224 g/mol. The topological polar surface area (TPSA) is 24.9 Å². The zero-order valence-electron chi connectivity index (χ0n) is 8.20. The molecular formula is C10H12N2S2. The number of aryl methyl sites for hydroxylation is 1. The Balaban J connectivity index is 2.29. The normalized spacial score (nSPS) is 10.7. The van der Waals surface area contributed by atoms with Crippen molar-refractivity contribution < 1.29 is 0 Å². The number of thiophene rings is 1. The molecule has 2 nitrogen and oxygen atoms in total. The minimum absolute atomic E-state index is 0.847. The number of thiazole rings is 1. The van der Waals surface area contributed by atoms with E-state index in [1.54, 1.807) is 22.7 Å². The predicted molar refractivity (Wildman–Crippen MR) is 62.9 cm³/mol. The second kappa shape index (κ2) is 4.21. The summed E-state index contributed by atoms with van der Waals surface area (Å²) in [6, 6.07) is 2.14. The molecule has 0 aliphatic carbocycles. The van der Waals surface area contributed by atoms with Crippen LogP contribution in [0.5, 0.6) is 0 Å². The molecule has 0 radical (unpaired) electrons. The van der Waals surface area contributed by atoms with Crippen molar-refractivity contribution in [3.8, 4) is 10.6 Å². The highest BCUT2D eigenvalue weighted by Crippen LogP contribution is 2.29. The molecule has 0 spiro atoms. The molecule has 0 unspecified atom stereocenters. The Morgan fingerprint density at radius 3 is 2.93 bits per heavy atom. The van der Waals surface area contributed by atoms with Crippen molar-refractivity contribution in [2.45, 2.75) is 13.5 Å². The van der Waals surface area contributed by atoms with Crippen molar-refractivity contribution in [3.05, 3.63) is 27.4 Å². The molecule has 2 aromatic heterocycles. The number of hydrogen-bond acceptors (Lipinski definition) is 4. The lowest BCUT2D eigenvalue weighted by Gasteiger charge is -1.93. The zero-order chi connectivity index (χ0) is 9.97. The molecule has 2 heterocycles. The molecule has 2 rings (SSSR count). The Kier molecular flexibility index (Phi) is 2.96. The minimum atomic E-state index is 0.847. The van der Waals surface area contributed by atoms with E-state index in [0.717, 1.165) is 17.2 Å². The first-order valence-corrected chi connectivity index (χ1v) is 6.20. The summed E-state index contributed by atoms with van der Waals surface area (Å²) >= 11 is 3.49. The smallest absolute Gasteiger partial charge is 0.124 e. The summed E-state index contributed by atoms with van der Waals surface area (Å²) in [5.74, 6) is 0. The summed E-state index contributed by atoms with van der Waals surface area (Å²) in [5, 5.41) is 8.47. The van der Waals surface area contributed by atoms with Gasteiger partial charge in [0.25, 0.3) is 0 Å². The molecule has 0 aromatic carbocycles. The first-order chi connectivity index (χ1) is 6.81. The first-order valence-electron chi connectivity index (χ1n) is 4.44. The van der Waals surface area contributed by atoms with Gasteiger partial charge in [0.2, 0.25) is 0 Å². The van der Waals surface area contributed by atoms with E-state index < -0.39 is 0 Å². The molecule has 0 bridgehead atoms. The summed E-state index contributed by atoms with van der Waals surface area (Å²) in [6.07, 6.45) is 0. The van der Waals surface area contributed by atoms with E-state index in [4.69, 9.17) is 0 Å². The molecule has 4 heteroatoms. The monoisotopic (exact) mass is 224 g/mol. The fraction of sp³-hybridized carbons (Fsp3) is 0.300. The standard InChI is InChI=1S/C10H12N2S2/c1-7-9(3-4-13-7)10-12-8(5-11-2)6-14-10/h3-4,6,11H,5H2,1-2H3. The van der Waals surface area contributed by atoms with Crippen LogP contribution in [0.4, 0.5) is 0 Å². The van der Waals surface area contributed by atoms with Crippen LogP contribution in [-0.2, 0) is 6.54 Å². The highest BCUT2D eigenvalue weighted by molar-refractivity contribution is 7.14. The van der Waals surface area contributed by atoms with Crippen molar-refractivity contribution in [1.29, 1.82) is 0 Å². The van der Waals surface area contributed by atoms with Gasteiger partial charge in [0.15, 0.2) is 0 Å². The summed E-state index contributed by atoms with van der Waals surface area (Å²) in [4.78, 5) is 5.91. The van der Waals surface area contributed by atoms with Crippen molar-refractivity contribution in [2.24, 2.45) is 0 Å². The van der Waals surface area contributed by atoms with Gasteiger partial charge in [0.05, 0.1) is 5.69 Å². The quantitative estimate of drug-likeness (QED) is 0.867.